The lowest BCUT2D eigenvalue weighted by Crippen LogP contribution is -2.43. The number of methoxy groups -OCH3 is 1. The monoisotopic (exact) mass is 409 g/mol. The van der Waals surface area contributed by atoms with Crippen molar-refractivity contribution in [3.8, 4) is 29.0 Å². The van der Waals surface area contributed by atoms with Gasteiger partial charge in [-0.25, -0.2) is 0 Å². The second-order valence-electron chi connectivity index (χ2n) is 8.34. The topological polar surface area (TPSA) is 62.5 Å². The molecule has 0 aliphatic rings. The largest absolute Gasteiger partial charge is 0.507 e. The molecular formula is C24H31NO3Si. The van der Waals surface area contributed by atoms with Gasteiger partial charge in [-0.1, -0.05) is 53.5 Å². The molecular weight excluding hydrogens is 378 g/mol. The standard InChI is InChI=1S/C24H31NO3Si/c1-16(2)29(17(3)4,18(5)6)11-10-22-20(14-25)9-8-19-12-21(28-15-27-7)13-23(26)24(19)22/h8-9,12-13,16-18,26H,15H2,1-7H3. The van der Waals surface area contributed by atoms with Crippen LogP contribution in [0.2, 0.25) is 16.6 Å². The van der Waals surface area contributed by atoms with E-state index in [1.165, 1.54) is 0 Å². The van der Waals surface area contributed by atoms with Crippen molar-refractivity contribution in [2.75, 3.05) is 13.9 Å². The number of ether oxygens (including phenoxy) is 2. The maximum Gasteiger partial charge on any atom is 0.188 e. The van der Waals surface area contributed by atoms with Gasteiger partial charge in [0, 0.05) is 18.6 Å². The van der Waals surface area contributed by atoms with E-state index in [1.807, 2.05) is 12.1 Å². The molecule has 0 amide bonds. The molecule has 0 unspecified atom stereocenters. The summed E-state index contributed by atoms with van der Waals surface area (Å²) in [5, 5.41) is 21.8. The Morgan fingerprint density at radius 1 is 1.03 bits per heavy atom. The second kappa shape index (κ2) is 9.35. The zero-order valence-corrected chi connectivity index (χ0v) is 19.5. The van der Waals surface area contributed by atoms with Crippen molar-refractivity contribution >= 4 is 18.8 Å². The highest BCUT2D eigenvalue weighted by atomic mass is 28.3. The summed E-state index contributed by atoms with van der Waals surface area (Å²) in [7, 11) is -0.429. The Hall–Kier alpha value is -2.47. The van der Waals surface area contributed by atoms with Crippen LogP contribution in [-0.2, 0) is 4.74 Å². The summed E-state index contributed by atoms with van der Waals surface area (Å²) in [4.78, 5) is 0. The lowest BCUT2D eigenvalue weighted by molar-refractivity contribution is 0.0511. The minimum absolute atomic E-state index is 0.0564. The first-order chi connectivity index (χ1) is 13.7. The molecule has 0 fully saturated rings. The van der Waals surface area contributed by atoms with Crippen LogP contribution < -0.4 is 4.74 Å². The van der Waals surface area contributed by atoms with Crippen LogP contribution in [0, 0.1) is 22.8 Å². The molecule has 0 saturated heterocycles. The first-order valence-electron chi connectivity index (χ1n) is 10.0. The number of aromatic hydroxyl groups is 1. The molecule has 0 saturated carbocycles. The van der Waals surface area contributed by atoms with Gasteiger partial charge in [0.25, 0.3) is 0 Å². The average molecular weight is 410 g/mol. The van der Waals surface area contributed by atoms with Crippen molar-refractivity contribution < 1.29 is 14.6 Å². The molecule has 5 heteroatoms. The number of fused-ring (bicyclic) bond motifs is 1. The fraction of sp³-hybridized carbons (Fsp3) is 0.458. The van der Waals surface area contributed by atoms with Gasteiger partial charge in [0.2, 0.25) is 0 Å². The smallest absolute Gasteiger partial charge is 0.188 e. The zero-order chi connectivity index (χ0) is 21.8. The molecule has 0 aliphatic heterocycles. The minimum Gasteiger partial charge on any atom is -0.507 e. The Bertz CT molecular complexity index is 956. The van der Waals surface area contributed by atoms with Crippen LogP contribution in [-0.4, -0.2) is 27.1 Å². The van der Waals surface area contributed by atoms with Gasteiger partial charge in [0.1, 0.15) is 25.6 Å². The van der Waals surface area contributed by atoms with E-state index in [0.717, 1.165) is 5.39 Å². The Morgan fingerprint density at radius 2 is 1.66 bits per heavy atom. The third-order valence-corrected chi connectivity index (χ3v) is 12.1. The number of phenols is 1. The van der Waals surface area contributed by atoms with Gasteiger partial charge < -0.3 is 14.6 Å². The Labute approximate surface area is 175 Å². The summed E-state index contributed by atoms with van der Waals surface area (Å²) in [5.41, 5.74) is 6.19. The molecule has 0 atom stereocenters. The average Bonchev–Trinajstić information content (AvgIpc) is 2.65. The van der Waals surface area contributed by atoms with Crippen LogP contribution in [0.3, 0.4) is 0 Å². The van der Waals surface area contributed by atoms with E-state index in [2.05, 4.69) is 59.1 Å². The van der Waals surface area contributed by atoms with Gasteiger partial charge in [-0.15, -0.1) is 5.54 Å². The quantitative estimate of drug-likeness (QED) is 0.363. The minimum atomic E-state index is -1.97. The van der Waals surface area contributed by atoms with Crippen molar-refractivity contribution in [1.82, 2.24) is 0 Å². The Balaban J connectivity index is 2.76. The lowest BCUT2D eigenvalue weighted by atomic mass is 9.99. The molecule has 154 valence electrons. The highest BCUT2D eigenvalue weighted by Crippen LogP contribution is 2.41. The summed E-state index contributed by atoms with van der Waals surface area (Å²) >= 11 is 0. The van der Waals surface area contributed by atoms with Gasteiger partial charge in [-0.05, 0) is 34.1 Å². The third-order valence-electron chi connectivity index (χ3n) is 5.80. The van der Waals surface area contributed by atoms with Crippen molar-refractivity contribution in [1.29, 1.82) is 5.26 Å². The van der Waals surface area contributed by atoms with Crippen LogP contribution >= 0.6 is 0 Å². The molecule has 2 aromatic rings. The van der Waals surface area contributed by atoms with E-state index in [4.69, 9.17) is 9.47 Å². The van der Waals surface area contributed by atoms with Crippen molar-refractivity contribution in [3.63, 3.8) is 0 Å². The van der Waals surface area contributed by atoms with Crippen LogP contribution in [0.25, 0.3) is 10.8 Å². The molecule has 0 aliphatic carbocycles. The molecule has 4 nitrogen and oxygen atoms in total. The summed E-state index contributed by atoms with van der Waals surface area (Å²) in [6.45, 7) is 13.6. The highest BCUT2D eigenvalue weighted by Gasteiger charge is 2.41. The molecule has 1 N–H and O–H groups in total. The van der Waals surface area contributed by atoms with Gasteiger partial charge >= 0.3 is 0 Å². The summed E-state index contributed by atoms with van der Waals surface area (Å²) < 4.78 is 10.4. The van der Waals surface area contributed by atoms with E-state index in [-0.39, 0.29) is 12.5 Å². The molecule has 0 radical (unpaired) electrons. The maximum atomic E-state index is 10.7. The van der Waals surface area contributed by atoms with Crippen LogP contribution in [0.15, 0.2) is 24.3 Å². The maximum absolute atomic E-state index is 10.7. The Kier molecular flexibility index (Phi) is 7.35. The van der Waals surface area contributed by atoms with Crippen LogP contribution in [0.5, 0.6) is 11.5 Å². The molecule has 29 heavy (non-hydrogen) atoms. The van der Waals surface area contributed by atoms with Gasteiger partial charge in [0.05, 0.1) is 11.1 Å². The molecule has 0 heterocycles. The van der Waals surface area contributed by atoms with E-state index in [1.54, 1.807) is 19.2 Å². The van der Waals surface area contributed by atoms with Gasteiger partial charge in [0.15, 0.2) is 6.79 Å². The molecule has 0 aromatic heterocycles. The van der Waals surface area contributed by atoms with E-state index in [9.17, 15) is 10.4 Å². The van der Waals surface area contributed by atoms with E-state index in [0.29, 0.717) is 38.9 Å². The lowest BCUT2D eigenvalue weighted by Gasteiger charge is -2.38. The summed E-state index contributed by atoms with van der Waals surface area (Å²) in [6, 6.07) is 9.19. The first-order valence-corrected chi connectivity index (χ1v) is 12.3. The van der Waals surface area contributed by atoms with Crippen molar-refractivity contribution in [2.45, 2.75) is 58.2 Å². The van der Waals surface area contributed by atoms with Crippen LogP contribution in [0.4, 0.5) is 0 Å². The fourth-order valence-corrected chi connectivity index (χ4v) is 9.66. The predicted molar refractivity (Wildman–Crippen MR) is 121 cm³/mol. The number of rotatable bonds is 6. The normalized spacial score (nSPS) is 11.6. The van der Waals surface area contributed by atoms with E-state index >= 15 is 0 Å². The van der Waals surface area contributed by atoms with E-state index < -0.39 is 8.07 Å². The van der Waals surface area contributed by atoms with Gasteiger partial charge in [-0.2, -0.15) is 5.26 Å². The molecule has 0 bridgehead atoms. The number of nitriles is 1. The number of benzene rings is 2. The molecule has 2 aromatic carbocycles. The van der Waals surface area contributed by atoms with Crippen molar-refractivity contribution in [2.24, 2.45) is 0 Å². The summed E-state index contributed by atoms with van der Waals surface area (Å²) in [6.07, 6.45) is 0. The number of hydrogen-bond donors (Lipinski definition) is 1. The third kappa shape index (κ3) is 4.42. The van der Waals surface area contributed by atoms with Gasteiger partial charge in [-0.3, -0.25) is 0 Å². The highest BCUT2D eigenvalue weighted by molar-refractivity contribution is 6.90. The molecule has 0 spiro atoms. The first kappa shape index (κ1) is 22.8. The zero-order valence-electron chi connectivity index (χ0n) is 18.5. The SMILES string of the molecule is COCOc1cc(O)c2c(C#C[Si](C(C)C)(C(C)C)C(C)C)c(C#N)ccc2c1. The summed E-state index contributed by atoms with van der Waals surface area (Å²) in [5.74, 6) is 3.93. The molecule has 2 rings (SSSR count). The number of phenolic OH excluding ortho intramolecular Hbond substituents is 1. The second-order valence-corrected chi connectivity index (χ2v) is 13.9. The predicted octanol–water partition coefficient (Wildman–Crippen LogP) is 5.97. The fourth-order valence-electron chi connectivity index (χ4n) is 4.45. The number of nitrogens with zero attached hydrogens (tertiary/aromatic N) is 1. The van der Waals surface area contributed by atoms with Crippen molar-refractivity contribution in [3.05, 3.63) is 35.4 Å². The Morgan fingerprint density at radius 3 is 2.17 bits per heavy atom. The van der Waals surface area contributed by atoms with Crippen LogP contribution in [0.1, 0.15) is 52.7 Å². The number of hydrogen-bond acceptors (Lipinski definition) is 4.